The molecular formula is C47H51F4N5O7S. The van der Waals surface area contributed by atoms with Crippen LogP contribution in [0.25, 0.3) is 22.2 Å². The summed E-state index contributed by atoms with van der Waals surface area (Å²) in [7, 11) is -2.57. The first-order valence-corrected chi connectivity index (χ1v) is 22.7. The maximum absolute atomic E-state index is 14.9. The van der Waals surface area contributed by atoms with E-state index in [4.69, 9.17) is 14.5 Å². The number of unbranched alkanes of at least 4 members (excludes halogenated alkanes) is 3. The normalized spacial score (nSPS) is 21.7. The van der Waals surface area contributed by atoms with E-state index in [1.807, 2.05) is 30.3 Å². The Labute approximate surface area is 369 Å². The van der Waals surface area contributed by atoms with E-state index in [2.05, 4.69) is 28.5 Å². The molecule has 2 heterocycles. The van der Waals surface area contributed by atoms with Crippen LogP contribution in [0.3, 0.4) is 0 Å². The molecule has 1 aromatic heterocycles. The maximum Gasteiger partial charge on any atom is 0.416 e. The lowest BCUT2D eigenvalue weighted by Crippen LogP contribution is -2.58. The molecule has 2 aliphatic carbocycles. The number of pyridine rings is 1. The van der Waals surface area contributed by atoms with Gasteiger partial charge in [-0.15, -0.1) is 13.2 Å². The van der Waals surface area contributed by atoms with Crippen LogP contribution < -0.4 is 24.8 Å². The summed E-state index contributed by atoms with van der Waals surface area (Å²) in [4.78, 5) is 49.5. The fourth-order valence-corrected chi connectivity index (χ4v) is 9.45. The Balaban J connectivity index is 1.24. The number of carbonyl (C=O) groups is 3. The minimum atomic E-state index is -4.88. The van der Waals surface area contributed by atoms with Gasteiger partial charge in [0.1, 0.15) is 41.0 Å². The molecule has 3 fully saturated rings. The Hall–Kier alpha value is -5.97. The van der Waals surface area contributed by atoms with Gasteiger partial charge < -0.3 is 25.0 Å². The summed E-state index contributed by atoms with van der Waals surface area (Å²) in [6.45, 7) is 8.86. The minimum Gasteiger partial charge on any atom is -0.497 e. The van der Waals surface area contributed by atoms with Gasteiger partial charge in [0.15, 0.2) is 0 Å². The highest BCUT2D eigenvalue weighted by molar-refractivity contribution is 7.91. The van der Waals surface area contributed by atoms with E-state index in [1.165, 1.54) is 25.0 Å². The predicted molar refractivity (Wildman–Crippen MR) is 234 cm³/mol. The highest BCUT2D eigenvalue weighted by Crippen LogP contribution is 2.47. The zero-order valence-corrected chi connectivity index (χ0v) is 36.4. The van der Waals surface area contributed by atoms with Gasteiger partial charge in [-0.2, -0.15) is 13.2 Å². The van der Waals surface area contributed by atoms with Gasteiger partial charge in [0.05, 0.1) is 35.2 Å². The van der Waals surface area contributed by atoms with E-state index >= 15 is 0 Å². The lowest BCUT2D eigenvalue weighted by molar-refractivity contribution is -0.140. The number of carbonyl (C=O) groups excluding carboxylic acids is 3. The van der Waals surface area contributed by atoms with Crippen molar-refractivity contribution in [3.8, 4) is 22.8 Å². The Morgan fingerprint density at radius 3 is 2.42 bits per heavy atom. The Bertz CT molecular complexity index is 2550. The van der Waals surface area contributed by atoms with Crippen molar-refractivity contribution in [2.45, 2.75) is 99.4 Å². The predicted octanol–water partition coefficient (Wildman–Crippen LogP) is 8.09. The third kappa shape index (κ3) is 9.88. The molecule has 17 heteroatoms. The number of likely N-dealkylation sites (tertiary alicyclic amines) is 1. The second-order valence-electron chi connectivity index (χ2n) is 17.0. The Kier molecular flexibility index (Phi) is 13.1. The molecular weight excluding hydrogens is 855 g/mol. The molecule has 4 aromatic rings. The van der Waals surface area contributed by atoms with Gasteiger partial charge in [-0.25, -0.2) is 17.8 Å². The van der Waals surface area contributed by atoms with Crippen molar-refractivity contribution in [3.63, 3.8) is 0 Å². The first-order valence-electron chi connectivity index (χ1n) is 21.2. The third-order valence-electron chi connectivity index (χ3n) is 12.3. The van der Waals surface area contributed by atoms with Gasteiger partial charge in [-0.05, 0) is 75.8 Å². The Morgan fingerprint density at radius 1 is 1.02 bits per heavy atom. The van der Waals surface area contributed by atoms with Gasteiger partial charge in [0.2, 0.25) is 21.8 Å². The smallest absolute Gasteiger partial charge is 0.416 e. The topological polar surface area (TPSA) is 156 Å². The lowest BCUT2D eigenvalue weighted by atomic mass is 10.0. The summed E-state index contributed by atoms with van der Waals surface area (Å²) >= 11 is 0. The zero-order valence-electron chi connectivity index (χ0n) is 35.5. The number of hydrogen-bond donors (Lipinski definition) is 3. The largest absolute Gasteiger partial charge is 0.497 e. The molecule has 0 radical (unpaired) electrons. The molecule has 0 spiro atoms. The molecule has 7 rings (SSSR count). The molecule has 340 valence electrons. The SMILES string of the molecule is C=CCCCCC[C@H](Nc1cc(F)cc(C(F)(F)F)c1)C(=O)N1C[C@H](Oc2cc(-c3ccccc3)nc3cc(OC)ccc23)C[C@H]1C(=O)N[C@]1(C(=O)NS(=O)(=O)C2(C)CC2)C[C@H]1C=C. The van der Waals surface area contributed by atoms with Crippen molar-refractivity contribution in [1.82, 2.24) is 19.9 Å². The number of methoxy groups -OCH3 is 1. The van der Waals surface area contributed by atoms with Crippen LogP contribution in [-0.2, 0) is 30.6 Å². The monoisotopic (exact) mass is 905 g/mol. The van der Waals surface area contributed by atoms with Crippen molar-refractivity contribution in [2.75, 3.05) is 19.0 Å². The van der Waals surface area contributed by atoms with E-state index in [9.17, 15) is 40.4 Å². The number of nitrogens with one attached hydrogen (secondary N) is 3. The number of allylic oxidation sites excluding steroid dienone is 1. The average molecular weight is 906 g/mol. The van der Waals surface area contributed by atoms with Gasteiger partial charge in [-0.1, -0.05) is 55.3 Å². The number of hydrogen-bond acceptors (Lipinski definition) is 9. The van der Waals surface area contributed by atoms with E-state index in [0.717, 1.165) is 24.1 Å². The fourth-order valence-electron chi connectivity index (χ4n) is 8.14. The summed E-state index contributed by atoms with van der Waals surface area (Å²) in [5.41, 5.74) is -1.33. The number of ether oxygens (including phenoxy) is 2. The van der Waals surface area contributed by atoms with Gasteiger partial charge in [-0.3, -0.25) is 19.1 Å². The van der Waals surface area contributed by atoms with E-state index < -0.39 is 79.7 Å². The van der Waals surface area contributed by atoms with Crippen molar-refractivity contribution < 1.29 is 49.8 Å². The molecule has 5 atom stereocenters. The molecule has 1 aliphatic heterocycles. The Morgan fingerprint density at radius 2 is 1.77 bits per heavy atom. The summed E-state index contributed by atoms with van der Waals surface area (Å²) in [6.07, 6.45) is 0.738. The summed E-state index contributed by atoms with van der Waals surface area (Å²) in [5.74, 6) is -3.26. The number of aromatic nitrogens is 1. The van der Waals surface area contributed by atoms with Crippen LogP contribution in [0.2, 0.25) is 0 Å². The van der Waals surface area contributed by atoms with Crippen LogP contribution in [0.1, 0.15) is 70.3 Å². The second kappa shape index (κ2) is 18.3. The minimum absolute atomic E-state index is 0.0473. The number of amides is 3. The number of fused-ring (bicyclic) bond motifs is 1. The van der Waals surface area contributed by atoms with E-state index in [0.29, 0.717) is 66.3 Å². The quantitative estimate of drug-likeness (QED) is 0.0481. The summed E-state index contributed by atoms with van der Waals surface area (Å²) in [6, 6.07) is 15.8. The van der Waals surface area contributed by atoms with E-state index in [-0.39, 0.29) is 31.5 Å². The zero-order chi connectivity index (χ0) is 46.0. The standard InChI is InChI=1S/C47H51F4N5O7S/c1-5-7-8-9-13-16-37(52-33-22-31(47(49,50)51)21-32(48)23-33)43(58)56-28-35(63-41-26-38(29-14-11-10-12-15-29)53-39-24-34(62-4)17-18-36(39)41)25-40(56)42(57)54-46(27-30(46)6-2)44(59)55-64(60,61)45(3)19-20-45/h5-6,10-12,14-15,17-18,21-24,26,30,35,37,40,52H,1-2,7-9,13,16,19-20,25,27-28H2,3-4H3,(H,54,57)(H,55,59)/t30-,35-,37+,40+,46-/m1/s1. The maximum atomic E-state index is 14.9. The molecule has 0 unspecified atom stereocenters. The number of alkyl halides is 3. The highest BCUT2D eigenvalue weighted by atomic mass is 32.2. The van der Waals surface area contributed by atoms with Crippen LogP contribution in [-0.4, -0.2) is 78.2 Å². The molecule has 0 bridgehead atoms. The third-order valence-corrected chi connectivity index (χ3v) is 14.5. The molecule has 64 heavy (non-hydrogen) atoms. The van der Waals surface area contributed by atoms with E-state index in [1.54, 1.807) is 30.3 Å². The molecule has 3 aromatic carbocycles. The first-order chi connectivity index (χ1) is 30.4. The van der Waals surface area contributed by atoms with Gasteiger partial charge >= 0.3 is 6.18 Å². The van der Waals surface area contributed by atoms with Crippen LogP contribution in [0.5, 0.6) is 11.5 Å². The summed E-state index contributed by atoms with van der Waals surface area (Å²) in [5, 5.41) is 6.21. The lowest BCUT2D eigenvalue weighted by Gasteiger charge is -2.30. The summed E-state index contributed by atoms with van der Waals surface area (Å²) < 4.78 is 95.6. The molecule has 1 saturated heterocycles. The van der Waals surface area contributed by atoms with Crippen LogP contribution >= 0.6 is 0 Å². The van der Waals surface area contributed by atoms with Crippen molar-refractivity contribution in [1.29, 1.82) is 0 Å². The molecule has 3 N–H and O–H groups in total. The number of nitrogens with zero attached hydrogens (tertiary/aromatic N) is 2. The van der Waals surface area contributed by atoms with Crippen molar-refractivity contribution >= 4 is 44.3 Å². The van der Waals surface area contributed by atoms with Crippen LogP contribution in [0.15, 0.2) is 98.1 Å². The van der Waals surface area contributed by atoms with Crippen molar-refractivity contribution in [2.24, 2.45) is 5.92 Å². The average Bonchev–Trinajstić information content (AvgIpc) is 4.15. The molecule has 3 amide bonds. The first kappa shape index (κ1) is 46.0. The van der Waals surface area contributed by atoms with Crippen LogP contribution in [0, 0.1) is 11.7 Å². The number of benzene rings is 3. The molecule has 12 nitrogen and oxygen atoms in total. The number of rotatable bonds is 19. The highest BCUT2D eigenvalue weighted by Gasteiger charge is 2.63. The second-order valence-corrected chi connectivity index (χ2v) is 19.2. The van der Waals surface area contributed by atoms with Crippen LogP contribution in [0.4, 0.5) is 23.2 Å². The number of sulfonamides is 1. The number of halogens is 4. The molecule has 2 saturated carbocycles. The fraction of sp³-hybridized carbons (Fsp3) is 0.404. The molecule has 3 aliphatic rings. The van der Waals surface area contributed by atoms with Gasteiger partial charge in [0, 0.05) is 41.1 Å². The van der Waals surface area contributed by atoms with Gasteiger partial charge in [0.25, 0.3) is 5.91 Å². The van der Waals surface area contributed by atoms with Crippen molar-refractivity contribution in [3.05, 3.63) is 109 Å². The number of anilines is 1.